The van der Waals surface area contributed by atoms with Crippen LogP contribution in [0, 0.1) is 5.82 Å². The van der Waals surface area contributed by atoms with Crippen molar-refractivity contribution in [2.24, 2.45) is 0 Å². The van der Waals surface area contributed by atoms with Crippen LogP contribution >= 0.6 is 0 Å². The largest absolute Gasteiger partial charge is 0.452 e. The highest BCUT2D eigenvalue weighted by atomic mass is 19.1. The summed E-state index contributed by atoms with van der Waals surface area (Å²) in [7, 11) is 0. The Labute approximate surface area is 122 Å². The molecular formula is C15H19FN2O3. The Hall–Kier alpha value is -2.11. The van der Waals surface area contributed by atoms with Crippen LogP contribution in [0.4, 0.5) is 10.1 Å². The predicted molar refractivity (Wildman–Crippen MR) is 76.1 cm³/mol. The molecule has 1 aromatic rings. The van der Waals surface area contributed by atoms with Gasteiger partial charge < -0.3 is 15.8 Å². The summed E-state index contributed by atoms with van der Waals surface area (Å²) < 4.78 is 18.1. The maximum atomic E-state index is 13.2. The fraction of sp³-hybridized carbons (Fsp3) is 0.467. The second-order valence-corrected chi connectivity index (χ2v) is 5.21. The number of halogens is 1. The number of amides is 1. The molecule has 21 heavy (non-hydrogen) atoms. The van der Waals surface area contributed by atoms with Crippen molar-refractivity contribution in [3.63, 3.8) is 0 Å². The lowest BCUT2D eigenvalue weighted by Gasteiger charge is -2.22. The minimum atomic E-state index is -0.743. The molecule has 1 aliphatic carbocycles. The second kappa shape index (κ2) is 7.06. The molecule has 0 atom stereocenters. The molecule has 6 heteroatoms. The fourth-order valence-electron chi connectivity index (χ4n) is 2.38. The molecule has 1 fully saturated rings. The van der Waals surface area contributed by atoms with Gasteiger partial charge in [0.05, 0.1) is 11.3 Å². The quantitative estimate of drug-likeness (QED) is 0.657. The second-order valence-electron chi connectivity index (χ2n) is 5.21. The minimum absolute atomic E-state index is 0.0344. The van der Waals surface area contributed by atoms with Gasteiger partial charge in [-0.3, -0.25) is 4.79 Å². The average molecular weight is 294 g/mol. The lowest BCUT2D eigenvalue weighted by Crippen LogP contribution is -2.38. The molecule has 114 valence electrons. The van der Waals surface area contributed by atoms with Crippen molar-refractivity contribution in [2.75, 3.05) is 12.3 Å². The molecule has 0 bridgehead atoms. The van der Waals surface area contributed by atoms with Gasteiger partial charge in [0.1, 0.15) is 5.82 Å². The third-order valence-electron chi connectivity index (χ3n) is 3.54. The molecule has 0 spiro atoms. The first-order valence-corrected chi connectivity index (χ1v) is 7.08. The number of anilines is 1. The molecule has 0 radical (unpaired) electrons. The van der Waals surface area contributed by atoms with Crippen LogP contribution in [0.25, 0.3) is 0 Å². The normalized spacial score (nSPS) is 15.5. The van der Waals surface area contributed by atoms with Gasteiger partial charge in [0.2, 0.25) is 0 Å². The highest BCUT2D eigenvalue weighted by Gasteiger charge is 2.17. The number of carbonyl (C=O) groups is 2. The van der Waals surface area contributed by atoms with Crippen molar-refractivity contribution in [3.8, 4) is 0 Å². The number of benzene rings is 1. The van der Waals surface area contributed by atoms with Crippen LogP contribution < -0.4 is 11.1 Å². The Morgan fingerprint density at radius 3 is 2.67 bits per heavy atom. The first-order valence-electron chi connectivity index (χ1n) is 7.08. The van der Waals surface area contributed by atoms with Gasteiger partial charge in [-0.05, 0) is 31.0 Å². The van der Waals surface area contributed by atoms with Crippen LogP contribution in [0.1, 0.15) is 42.5 Å². The molecule has 5 nitrogen and oxygen atoms in total. The third-order valence-corrected chi connectivity index (χ3v) is 3.54. The summed E-state index contributed by atoms with van der Waals surface area (Å²) in [4.78, 5) is 23.4. The number of nitrogens with one attached hydrogen (secondary N) is 1. The van der Waals surface area contributed by atoms with Crippen LogP contribution in [0.15, 0.2) is 18.2 Å². The highest BCUT2D eigenvalue weighted by molar-refractivity contribution is 5.91. The first-order chi connectivity index (χ1) is 10.1. The van der Waals surface area contributed by atoms with Gasteiger partial charge in [-0.1, -0.05) is 19.3 Å². The number of nitrogen functional groups attached to an aromatic ring is 1. The molecule has 0 aromatic heterocycles. The smallest absolute Gasteiger partial charge is 0.338 e. The molecule has 1 aromatic carbocycles. The molecular weight excluding hydrogens is 275 g/mol. The summed E-state index contributed by atoms with van der Waals surface area (Å²) in [5.74, 6) is -1.75. The van der Waals surface area contributed by atoms with Gasteiger partial charge in [-0.15, -0.1) is 0 Å². The summed E-state index contributed by atoms with van der Waals surface area (Å²) in [6.07, 6.45) is 5.33. The molecule has 0 unspecified atom stereocenters. The molecule has 2 rings (SSSR count). The summed E-state index contributed by atoms with van der Waals surface area (Å²) in [5, 5.41) is 2.84. The molecule has 0 saturated heterocycles. The lowest BCUT2D eigenvalue weighted by atomic mass is 9.95. The number of hydrogen-bond acceptors (Lipinski definition) is 4. The number of carbonyl (C=O) groups excluding carboxylic acids is 2. The summed E-state index contributed by atoms with van der Waals surface area (Å²) in [6.45, 7) is -0.360. The molecule has 3 N–H and O–H groups in total. The van der Waals surface area contributed by atoms with Crippen molar-refractivity contribution in [1.29, 1.82) is 0 Å². The van der Waals surface area contributed by atoms with Crippen LogP contribution in [0.5, 0.6) is 0 Å². The SMILES string of the molecule is Nc1ccc(C(=O)OCC(=O)NC2CCCCC2)cc1F. The van der Waals surface area contributed by atoms with E-state index in [4.69, 9.17) is 10.5 Å². The maximum Gasteiger partial charge on any atom is 0.338 e. The van der Waals surface area contributed by atoms with E-state index in [0.717, 1.165) is 31.7 Å². The highest BCUT2D eigenvalue weighted by Crippen LogP contribution is 2.17. The van der Waals surface area contributed by atoms with Crippen LogP contribution in [0.3, 0.4) is 0 Å². The van der Waals surface area contributed by atoms with Crippen molar-refractivity contribution in [3.05, 3.63) is 29.6 Å². The Morgan fingerprint density at radius 1 is 1.29 bits per heavy atom. The van der Waals surface area contributed by atoms with E-state index < -0.39 is 11.8 Å². The monoisotopic (exact) mass is 294 g/mol. The van der Waals surface area contributed by atoms with Crippen molar-refractivity contribution < 1.29 is 18.7 Å². The van der Waals surface area contributed by atoms with E-state index in [0.29, 0.717) is 0 Å². The number of esters is 1. The van der Waals surface area contributed by atoms with E-state index in [2.05, 4.69) is 5.32 Å². The standard InChI is InChI=1S/C15H19FN2O3/c16-12-8-10(6-7-13(12)17)15(20)21-9-14(19)18-11-4-2-1-3-5-11/h6-8,11H,1-5,9,17H2,(H,18,19). The van der Waals surface area contributed by atoms with E-state index in [1.807, 2.05) is 0 Å². The van der Waals surface area contributed by atoms with Crippen molar-refractivity contribution in [2.45, 2.75) is 38.1 Å². The van der Waals surface area contributed by atoms with E-state index in [1.165, 1.54) is 18.6 Å². The van der Waals surface area contributed by atoms with Gasteiger partial charge in [0, 0.05) is 6.04 Å². The van der Waals surface area contributed by atoms with Gasteiger partial charge in [-0.25, -0.2) is 9.18 Å². The molecule has 1 amide bonds. The maximum absolute atomic E-state index is 13.2. The number of hydrogen-bond donors (Lipinski definition) is 2. The van der Waals surface area contributed by atoms with E-state index in [-0.39, 0.29) is 29.8 Å². The van der Waals surface area contributed by atoms with Gasteiger partial charge >= 0.3 is 5.97 Å². The summed E-state index contributed by atoms with van der Waals surface area (Å²) >= 11 is 0. The average Bonchev–Trinajstić information content (AvgIpc) is 2.48. The molecule has 1 saturated carbocycles. The van der Waals surface area contributed by atoms with Gasteiger partial charge in [0.15, 0.2) is 6.61 Å². The Bertz CT molecular complexity index is 528. The number of rotatable bonds is 4. The molecule has 0 heterocycles. The fourth-order valence-corrected chi connectivity index (χ4v) is 2.38. The lowest BCUT2D eigenvalue weighted by molar-refractivity contribution is -0.125. The minimum Gasteiger partial charge on any atom is -0.452 e. The number of ether oxygens (including phenoxy) is 1. The molecule has 1 aliphatic rings. The first kappa shape index (κ1) is 15.3. The Morgan fingerprint density at radius 2 is 2.00 bits per heavy atom. The molecule has 0 aliphatic heterocycles. The van der Waals surface area contributed by atoms with Crippen molar-refractivity contribution in [1.82, 2.24) is 5.32 Å². The Kier molecular flexibility index (Phi) is 5.14. The topological polar surface area (TPSA) is 81.4 Å². The van der Waals surface area contributed by atoms with E-state index in [1.54, 1.807) is 0 Å². The zero-order chi connectivity index (χ0) is 15.2. The number of nitrogens with two attached hydrogens (primary N) is 1. The summed E-state index contributed by atoms with van der Waals surface area (Å²) in [6, 6.07) is 3.81. The van der Waals surface area contributed by atoms with E-state index in [9.17, 15) is 14.0 Å². The van der Waals surface area contributed by atoms with Crippen LogP contribution in [0.2, 0.25) is 0 Å². The van der Waals surface area contributed by atoms with Gasteiger partial charge in [-0.2, -0.15) is 0 Å². The van der Waals surface area contributed by atoms with E-state index >= 15 is 0 Å². The zero-order valence-electron chi connectivity index (χ0n) is 11.7. The third kappa shape index (κ3) is 4.44. The summed E-state index contributed by atoms with van der Waals surface area (Å²) in [5.41, 5.74) is 5.32. The van der Waals surface area contributed by atoms with Crippen molar-refractivity contribution >= 4 is 17.6 Å². The van der Waals surface area contributed by atoms with Crippen LogP contribution in [-0.4, -0.2) is 24.5 Å². The predicted octanol–water partition coefficient (Wildman–Crippen LogP) is 2.01. The van der Waals surface area contributed by atoms with Gasteiger partial charge in [0.25, 0.3) is 5.91 Å². The Balaban J connectivity index is 1.80. The zero-order valence-corrected chi connectivity index (χ0v) is 11.7. The van der Waals surface area contributed by atoms with Crippen LogP contribution in [-0.2, 0) is 9.53 Å².